The van der Waals surface area contributed by atoms with Gasteiger partial charge in [-0.3, -0.25) is 0 Å². The first-order chi connectivity index (χ1) is 6.17. The van der Waals surface area contributed by atoms with Crippen LogP contribution in [0.2, 0.25) is 0 Å². The first-order valence-corrected chi connectivity index (χ1v) is 5.07. The molecule has 3 heteroatoms. The van der Waals surface area contributed by atoms with Crippen molar-refractivity contribution in [2.24, 2.45) is 5.92 Å². The van der Waals surface area contributed by atoms with Crippen LogP contribution in [0.5, 0.6) is 0 Å². The van der Waals surface area contributed by atoms with Crippen LogP contribution in [0.25, 0.3) is 0 Å². The maximum atomic E-state index is 12.5. The predicted molar refractivity (Wildman–Crippen MR) is 50.1 cm³/mol. The molecule has 0 heterocycles. The van der Waals surface area contributed by atoms with Gasteiger partial charge in [0.15, 0.2) is 0 Å². The van der Waals surface area contributed by atoms with Crippen LogP contribution in [-0.4, -0.2) is 19.1 Å². The molecule has 0 N–H and O–H groups in total. The second-order valence-electron chi connectivity index (χ2n) is 3.19. The topological polar surface area (TPSA) is 9.23 Å². The molecule has 0 aromatic heterocycles. The van der Waals surface area contributed by atoms with Gasteiger partial charge in [-0.1, -0.05) is 20.3 Å². The number of alkyl halides is 2. The molecule has 0 fully saturated rings. The Morgan fingerprint density at radius 2 is 1.77 bits per heavy atom. The van der Waals surface area contributed by atoms with Crippen molar-refractivity contribution in [3.05, 3.63) is 0 Å². The third-order valence-electron chi connectivity index (χ3n) is 2.23. The normalized spacial score (nSPS) is 16.2. The van der Waals surface area contributed by atoms with Crippen molar-refractivity contribution in [3.63, 3.8) is 0 Å². The van der Waals surface area contributed by atoms with Crippen molar-refractivity contribution in [2.45, 2.75) is 52.6 Å². The molecule has 0 radical (unpaired) electrons. The summed E-state index contributed by atoms with van der Waals surface area (Å²) < 4.78 is 30.3. The minimum absolute atomic E-state index is 0.264. The van der Waals surface area contributed by atoms with Crippen LogP contribution in [0.4, 0.5) is 8.78 Å². The Labute approximate surface area is 79.5 Å². The zero-order chi connectivity index (χ0) is 10.3. The highest BCUT2D eigenvalue weighted by Crippen LogP contribution is 2.23. The van der Waals surface area contributed by atoms with E-state index in [4.69, 9.17) is 4.74 Å². The van der Waals surface area contributed by atoms with E-state index in [0.29, 0.717) is 13.0 Å². The molecule has 0 unspecified atom stereocenters. The Hall–Kier alpha value is -0.180. The van der Waals surface area contributed by atoms with Crippen LogP contribution in [0.1, 0.15) is 40.0 Å². The SMILES string of the molecule is CCC[C@H](OCC)[C@H](CC)C(F)F. The van der Waals surface area contributed by atoms with Gasteiger partial charge < -0.3 is 4.74 Å². The van der Waals surface area contributed by atoms with E-state index < -0.39 is 12.3 Å². The number of ether oxygens (including phenoxy) is 1. The van der Waals surface area contributed by atoms with Crippen LogP contribution in [0, 0.1) is 5.92 Å². The lowest BCUT2D eigenvalue weighted by molar-refractivity contribution is -0.0515. The lowest BCUT2D eigenvalue weighted by atomic mass is 9.96. The fourth-order valence-corrected chi connectivity index (χ4v) is 1.52. The summed E-state index contributed by atoms with van der Waals surface area (Å²) in [6.07, 6.45) is -0.402. The summed E-state index contributed by atoms with van der Waals surface area (Å²) in [5.74, 6) is -0.597. The Morgan fingerprint density at radius 3 is 2.08 bits per heavy atom. The quantitative estimate of drug-likeness (QED) is 0.603. The Morgan fingerprint density at radius 1 is 1.15 bits per heavy atom. The first-order valence-electron chi connectivity index (χ1n) is 5.07. The molecule has 80 valence electrons. The van der Waals surface area contributed by atoms with Gasteiger partial charge in [-0.15, -0.1) is 0 Å². The molecule has 0 saturated carbocycles. The van der Waals surface area contributed by atoms with E-state index in [0.717, 1.165) is 12.8 Å². The van der Waals surface area contributed by atoms with Gasteiger partial charge >= 0.3 is 0 Å². The summed E-state index contributed by atoms with van der Waals surface area (Å²) in [5, 5.41) is 0. The zero-order valence-corrected chi connectivity index (χ0v) is 8.72. The zero-order valence-electron chi connectivity index (χ0n) is 8.72. The van der Waals surface area contributed by atoms with E-state index in [1.807, 2.05) is 13.8 Å². The average Bonchev–Trinajstić information content (AvgIpc) is 2.05. The summed E-state index contributed by atoms with van der Waals surface area (Å²) >= 11 is 0. The predicted octanol–water partition coefficient (Wildman–Crippen LogP) is 3.48. The second kappa shape index (κ2) is 7.25. The molecule has 0 bridgehead atoms. The highest BCUT2D eigenvalue weighted by atomic mass is 19.3. The Balaban J connectivity index is 4.11. The van der Waals surface area contributed by atoms with Gasteiger partial charge in [0.25, 0.3) is 0 Å². The molecule has 0 aromatic carbocycles. The summed E-state index contributed by atoms with van der Waals surface area (Å²) in [7, 11) is 0. The summed E-state index contributed by atoms with van der Waals surface area (Å²) in [6, 6.07) is 0. The number of hydrogen-bond donors (Lipinski definition) is 0. The van der Waals surface area contributed by atoms with Crippen molar-refractivity contribution in [1.29, 1.82) is 0 Å². The molecule has 2 atom stereocenters. The van der Waals surface area contributed by atoms with Crippen molar-refractivity contribution < 1.29 is 13.5 Å². The molecular weight excluding hydrogens is 174 g/mol. The van der Waals surface area contributed by atoms with Gasteiger partial charge in [0.2, 0.25) is 6.43 Å². The van der Waals surface area contributed by atoms with E-state index in [9.17, 15) is 8.78 Å². The van der Waals surface area contributed by atoms with Crippen molar-refractivity contribution >= 4 is 0 Å². The highest BCUT2D eigenvalue weighted by molar-refractivity contribution is 4.71. The van der Waals surface area contributed by atoms with Gasteiger partial charge in [-0.2, -0.15) is 0 Å². The van der Waals surface area contributed by atoms with Crippen molar-refractivity contribution in [1.82, 2.24) is 0 Å². The summed E-state index contributed by atoms with van der Waals surface area (Å²) in [4.78, 5) is 0. The van der Waals surface area contributed by atoms with E-state index in [-0.39, 0.29) is 6.10 Å². The fourth-order valence-electron chi connectivity index (χ4n) is 1.52. The molecule has 0 aliphatic rings. The van der Waals surface area contributed by atoms with E-state index in [1.54, 1.807) is 6.92 Å². The van der Waals surface area contributed by atoms with E-state index >= 15 is 0 Å². The number of halogens is 2. The van der Waals surface area contributed by atoms with Gasteiger partial charge in [0, 0.05) is 12.5 Å². The molecule has 0 aromatic rings. The van der Waals surface area contributed by atoms with Gasteiger partial charge in [0.1, 0.15) is 0 Å². The fraction of sp³-hybridized carbons (Fsp3) is 1.00. The average molecular weight is 194 g/mol. The van der Waals surface area contributed by atoms with Crippen molar-refractivity contribution in [3.8, 4) is 0 Å². The standard InChI is InChI=1S/C10H20F2O/c1-4-7-9(13-6-3)8(5-2)10(11)12/h8-10H,4-7H2,1-3H3/t8-,9-/m0/s1. The van der Waals surface area contributed by atoms with Gasteiger partial charge in [-0.25, -0.2) is 8.78 Å². The molecule has 0 aliphatic carbocycles. The molecule has 0 aliphatic heterocycles. The highest BCUT2D eigenvalue weighted by Gasteiger charge is 2.27. The third kappa shape index (κ3) is 4.55. The molecule has 0 rings (SSSR count). The third-order valence-corrected chi connectivity index (χ3v) is 2.23. The lowest BCUT2D eigenvalue weighted by Crippen LogP contribution is -2.29. The van der Waals surface area contributed by atoms with E-state index in [1.165, 1.54) is 0 Å². The van der Waals surface area contributed by atoms with Gasteiger partial charge in [0.05, 0.1) is 6.10 Å². The van der Waals surface area contributed by atoms with Crippen LogP contribution in [-0.2, 0) is 4.74 Å². The van der Waals surface area contributed by atoms with Crippen LogP contribution in [0.3, 0.4) is 0 Å². The Kier molecular flexibility index (Phi) is 7.14. The maximum absolute atomic E-state index is 12.5. The van der Waals surface area contributed by atoms with Gasteiger partial charge in [-0.05, 0) is 19.8 Å². The molecule has 0 amide bonds. The molecule has 13 heavy (non-hydrogen) atoms. The molecule has 0 saturated heterocycles. The molecular formula is C10H20F2O. The Bertz CT molecular complexity index is 111. The maximum Gasteiger partial charge on any atom is 0.243 e. The number of rotatable bonds is 7. The first kappa shape index (κ1) is 12.8. The van der Waals surface area contributed by atoms with Crippen LogP contribution < -0.4 is 0 Å². The smallest absolute Gasteiger partial charge is 0.243 e. The number of hydrogen-bond acceptors (Lipinski definition) is 1. The van der Waals surface area contributed by atoms with Crippen LogP contribution >= 0.6 is 0 Å². The van der Waals surface area contributed by atoms with Crippen molar-refractivity contribution in [2.75, 3.05) is 6.61 Å². The largest absolute Gasteiger partial charge is 0.378 e. The minimum atomic E-state index is -2.26. The van der Waals surface area contributed by atoms with Crippen LogP contribution in [0.15, 0.2) is 0 Å². The molecule has 0 spiro atoms. The second-order valence-corrected chi connectivity index (χ2v) is 3.19. The minimum Gasteiger partial charge on any atom is -0.378 e. The molecule has 1 nitrogen and oxygen atoms in total. The van der Waals surface area contributed by atoms with E-state index in [2.05, 4.69) is 0 Å². The summed E-state index contributed by atoms with van der Waals surface area (Å²) in [6.45, 7) is 6.15. The lowest BCUT2D eigenvalue weighted by Gasteiger charge is -2.24. The monoisotopic (exact) mass is 194 g/mol. The summed E-state index contributed by atoms with van der Waals surface area (Å²) in [5.41, 5.74) is 0.